The van der Waals surface area contributed by atoms with Gasteiger partial charge in [-0.1, -0.05) is 12.1 Å². The van der Waals surface area contributed by atoms with E-state index in [2.05, 4.69) is 45.6 Å². The normalized spacial score (nSPS) is 10.8. The largest absolute Gasteiger partial charge is 0.316 e. The summed E-state index contributed by atoms with van der Waals surface area (Å²) in [5.41, 5.74) is 2.55. The third-order valence-electron chi connectivity index (χ3n) is 2.40. The van der Waals surface area contributed by atoms with Crippen LogP contribution in [0.15, 0.2) is 28.3 Å². The van der Waals surface area contributed by atoms with E-state index in [9.17, 15) is 0 Å². The van der Waals surface area contributed by atoms with Gasteiger partial charge >= 0.3 is 0 Å². The number of aryl methyl sites for hydroxylation is 2. The molecule has 17 heavy (non-hydrogen) atoms. The van der Waals surface area contributed by atoms with Crippen molar-refractivity contribution >= 4 is 11.8 Å². The van der Waals surface area contributed by atoms with Crippen molar-refractivity contribution in [3.05, 3.63) is 35.2 Å². The van der Waals surface area contributed by atoms with Gasteiger partial charge in [-0.3, -0.25) is 5.10 Å². The van der Waals surface area contributed by atoms with Crippen LogP contribution in [0.5, 0.6) is 0 Å². The molecule has 1 heterocycles. The molecule has 2 rings (SSSR count). The van der Waals surface area contributed by atoms with Crippen LogP contribution in [-0.2, 0) is 6.54 Å². The highest BCUT2D eigenvalue weighted by Crippen LogP contribution is 2.28. The minimum Gasteiger partial charge on any atom is -0.316 e. The van der Waals surface area contributed by atoms with Crippen molar-refractivity contribution in [2.24, 2.45) is 0 Å². The van der Waals surface area contributed by atoms with Gasteiger partial charge in [0.15, 0.2) is 0 Å². The molecule has 0 fully saturated rings. The van der Waals surface area contributed by atoms with E-state index in [0.29, 0.717) is 0 Å². The standard InChI is InChI=1S/C12H16N4S/c1-8-6-10(7-13-3)4-5-11(8)17-12-14-9(2)15-16-12/h4-6,13H,7H2,1-3H3,(H,14,15,16). The Kier molecular flexibility index (Phi) is 3.81. The molecule has 0 bridgehead atoms. The van der Waals surface area contributed by atoms with Gasteiger partial charge in [0.1, 0.15) is 5.82 Å². The third kappa shape index (κ3) is 3.08. The predicted molar refractivity (Wildman–Crippen MR) is 69.2 cm³/mol. The quantitative estimate of drug-likeness (QED) is 0.871. The number of benzene rings is 1. The molecule has 0 saturated carbocycles. The van der Waals surface area contributed by atoms with Gasteiger partial charge in [0.05, 0.1) is 0 Å². The monoisotopic (exact) mass is 248 g/mol. The van der Waals surface area contributed by atoms with E-state index in [1.165, 1.54) is 16.0 Å². The number of nitrogens with one attached hydrogen (secondary N) is 2. The van der Waals surface area contributed by atoms with Crippen LogP contribution >= 0.6 is 11.8 Å². The van der Waals surface area contributed by atoms with E-state index in [1.54, 1.807) is 11.8 Å². The average molecular weight is 248 g/mol. The zero-order valence-corrected chi connectivity index (χ0v) is 11.1. The number of nitrogens with zero attached hydrogens (tertiary/aromatic N) is 2. The van der Waals surface area contributed by atoms with Gasteiger partial charge in [-0.05, 0) is 49.9 Å². The SMILES string of the molecule is CNCc1ccc(Sc2n[nH]c(C)n2)c(C)c1. The second-order valence-corrected chi connectivity index (χ2v) is 4.94. The summed E-state index contributed by atoms with van der Waals surface area (Å²) in [5, 5.41) is 10.9. The van der Waals surface area contributed by atoms with E-state index < -0.39 is 0 Å². The van der Waals surface area contributed by atoms with E-state index in [0.717, 1.165) is 17.5 Å². The lowest BCUT2D eigenvalue weighted by Gasteiger charge is -2.06. The van der Waals surface area contributed by atoms with Crippen LogP contribution in [0.3, 0.4) is 0 Å². The fourth-order valence-electron chi connectivity index (χ4n) is 1.61. The van der Waals surface area contributed by atoms with Crippen LogP contribution in [0.25, 0.3) is 0 Å². The maximum Gasteiger partial charge on any atom is 0.213 e. The van der Waals surface area contributed by atoms with Crippen LogP contribution in [0.2, 0.25) is 0 Å². The molecule has 0 spiro atoms. The van der Waals surface area contributed by atoms with Crippen LogP contribution in [0.1, 0.15) is 17.0 Å². The van der Waals surface area contributed by atoms with E-state index >= 15 is 0 Å². The smallest absolute Gasteiger partial charge is 0.213 e. The number of aromatic amines is 1. The van der Waals surface area contributed by atoms with Crippen LogP contribution < -0.4 is 5.32 Å². The fraction of sp³-hybridized carbons (Fsp3) is 0.333. The number of H-pyrrole nitrogens is 1. The van der Waals surface area contributed by atoms with Crippen molar-refractivity contribution in [1.82, 2.24) is 20.5 Å². The van der Waals surface area contributed by atoms with E-state index in [1.807, 2.05) is 14.0 Å². The van der Waals surface area contributed by atoms with Gasteiger partial charge in [0.25, 0.3) is 0 Å². The zero-order valence-electron chi connectivity index (χ0n) is 10.2. The van der Waals surface area contributed by atoms with Gasteiger partial charge in [0, 0.05) is 11.4 Å². The molecule has 1 aromatic carbocycles. The minimum atomic E-state index is 0.770. The lowest BCUT2D eigenvalue weighted by atomic mass is 10.1. The first-order valence-electron chi connectivity index (χ1n) is 5.50. The topological polar surface area (TPSA) is 53.6 Å². The summed E-state index contributed by atoms with van der Waals surface area (Å²) in [6.07, 6.45) is 0. The highest BCUT2D eigenvalue weighted by atomic mass is 32.2. The highest BCUT2D eigenvalue weighted by molar-refractivity contribution is 7.99. The Bertz CT molecular complexity index is 507. The number of hydrogen-bond donors (Lipinski definition) is 2. The van der Waals surface area contributed by atoms with Crippen molar-refractivity contribution < 1.29 is 0 Å². The maximum absolute atomic E-state index is 4.29. The minimum absolute atomic E-state index is 0.770. The number of aromatic nitrogens is 3. The maximum atomic E-state index is 4.29. The van der Waals surface area contributed by atoms with Crippen molar-refractivity contribution in [2.45, 2.75) is 30.4 Å². The van der Waals surface area contributed by atoms with Crippen molar-refractivity contribution in [1.29, 1.82) is 0 Å². The molecule has 90 valence electrons. The van der Waals surface area contributed by atoms with Crippen molar-refractivity contribution in [2.75, 3.05) is 7.05 Å². The molecule has 2 N–H and O–H groups in total. The molecule has 4 nitrogen and oxygen atoms in total. The summed E-state index contributed by atoms with van der Waals surface area (Å²) in [4.78, 5) is 5.49. The molecule has 1 aromatic heterocycles. The van der Waals surface area contributed by atoms with E-state index in [-0.39, 0.29) is 0 Å². The molecule has 0 unspecified atom stereocenters. The average Bonchev–Trinajstić information content (AvgIpc) is 2.69. The lowest BCUT2D eigenvalue weighted by Crippen LogP contribution is -2.05. The second-order valence-electron chi connectivity index (χ2n) is 3.94. The Morgan fingerprint density at radius 2 is 2.18 bits per heavy atom. The molecule has 0 atom stereocenters. The van der Waals surface area contributed by atoms with Crippen LogP contribution in [0, 0.1) is 13.8 Å². The molecule has 0 aliphatic heterocycles. The molecule has 0 aliphatic carbocycles. The first kappa shape index (κ1) is 12.1. The summed E-state index contributed by atoms with van der Waals surface area (Å²) in [5.74, 6) is 0.844. The van der Waals surface area contributed by atoms with Crippen LogP contribution in [0.4, 0.5) is 0 Å². The Morgan fingerprint density at radius 1 is 1.35 bits per heavy atom. The summed E-state index contributed by atoms with van der Waals surface area (Å²) < 4.78 is 0. The van der Waals surface area contributed by atoms with Crippen LogP contribution in [-0.4, -0.2) is 22.2 Å². The molecule has 2 aromatic rings. The van der Waals surface area contributed by atoms with Gasteiger partial charge in [-0.25, -0.2) is 4.98 Å². The second kappa shape index (κ2) is 5.33. The molecular formula is C12H16N4S. The number of rotatable bonds is 4. The summed E-state index contributed by atoms with van der Waals surface area (Å²) in [6.45, 7) is 4.91. The highest BCUT2D eigenvalue weighted by Gasteiger charge is 2.06. The van der Waals surface area contributed by atoms with Crippen molar-refractivity contribution in [3.8, 4) is 0 Å². The Labute approximate surface area is 105 Å². The predicted octanol–water partition coefficient (Wildman–Crippen LogP) is 2.29. The molecular weight excluding hydrogens is 232 g/mol. The molecule has 0 radical (unpaired) electrons. The molecule has 0 saturated heterocycles. The Morgan fingerprint density at radius 3 is 2.76 bits per heavy atom. The Balaban J connectivity index is 2.16. The zero-order chi connectivity index (χ0) is 12.3. The molecule has 0 aliphatic rings. The summed E-state index contributed by atoms with van der Waals surface area (Å²) in [6, 6.07) is 6.45. The first-order chi connectivity index (χ1) is 8.19. The Hall–Kier alpha value is -1.33. The lowest BCUT2D eigenvalue weighted by molar-refractivity contribution is 0.815. The third-order valence-corrected chi connectivity index (χ3v) is 3.44. The van der Waals surface area contributed by atoms with Gasteiger partial charge in [-0.15, -0.1) is 5.10 Å². The first-order valence-corrected chi connectivity index (χ1v) is 6.31. The summed E-state index contributed by atoms with van der Waals surface area (Å²) >= 11 is 1.59. The molecule has 5 heteroatoms. The van der Waals surface area contributed by atoms with Gasteiger partial charge in [-0.2, -0.15) is 0 Å². The van der Waals surface area contributed by atoms with Gasteiger partial charge < -0.3 is 5.32 Å². The van der Waals surface area contributed by atoms with E-state index in [4.69, 9.17) is 0 Å². The van der Waals surface area contributed by atoms with Crippen molar-refractivity contribution in [3.63, 3.8) is 0 Å². The molecule has 0 amide bonds. The number of hydrogen-bond acceptors (Lipinski definition) is 4. The van der Waals surface area contributed by atoms with Gasteiger partial charge in [0.2, 0.25) is 5.16 Å². The summed E-state index contributed by atoms with van der Waals surface area (Å²) in [7, 11) is 1.95. The fourth-order valence-corrected chi connectivity index (χ4v) is 2.43.